The van der Waals surface area contributed by atoms with Crippen molar-refractivity contribution in [3.8, 4) is 5.75 Å². The average Bonchev–Trinajstić information content (AvgIpc) is 2.42. The summed E-state index contributed by atoms with van der Waals surface area (Å²) in [5.41, 5.74) is 0.133. The van der Waals surface area contributed by atoms with Crippen LogP contribution in [-0.4, -0.2) is 22.7 Å². The van der Waals surface area contributed by atoms with Crippen molar-refractivity contribution < 1.29 is 19.0 Å². The van der Waals surface area contributed by atoms with Crippen LogP contribution in [0.3, 0.4) is 0 Å². The fourth-order valence-electron chi connectivity index (χ4n) is 1.66. The molecule has 0 unspecified atom stereocenters. The van der Waals surface area contributed by atoms with Crippen LogP contribution in [0.25, 0.3) is 0 Å². The van der Waals surface area contributed by atoms with Gasteiger partial charge in [0.1, 0.15) is 11.3 Å². The Balaban J connectivity index is 2.28. The molecular formula is C14H13FN2O3. The molecule has 0 amide bonds. The number of nitrogens with zero attached hydrogens (tertiary/aromatic N) is 1. The largest absolute Gasteiger partial charge is 0.494 e. The summed E-state index contributed by atoms with van der Waals surface area (Å²) in [5, 5.41) is 11.6. The summed E-state index contributed by atoms with van der Waals surface area (Å²) in [6.07, 6.45) is 1.24. The van der Waals surface area contributed by atoms with E-state index in [1.807, 2.05) is 6.92 Å². The normalized spacial score (nSPS) is 10.1. The molecule has 0 aliphatic heterocycles. The van der Waals surface area contributed by atoms with Gasteiger partial charge >= 0.3 is 5.97 Å². The molecule has 0 aliphatic rings. The van der Waals surface area contributed by atoms with Gasteiger partial charge in [-0.1, -0.05) is 6.07 Å². The first kappa shape index (κ1) is 13.8. The quantitative estimate of drug-likeness (QED) is 0.878. The van der Waals surface area contributed by atoms with Crippen LogP contribution in [-0.2, 0) is 0 Å². The smallest absolute Gasteiger partial charge is 0.338 e. The molecule has 0 saturated heterocycles. The van der Waals surface area contributed by atoms with E-state index in [1.165, 1.54) is 6.20 Å². The lowest BCUT2D eigenvalue weighted by atomic mass is 10.2. The molecule has 2 N–H and O–H groups in total. The molecule has 20 heavy (non-hydrogen) atoms. The summed E-state index contributed by atoms with van der Waals surface area (Å²) in [6.45, 7) is 2.38. The van der Waals surface area contributed by atoms with Crippen LogP contribution in [0.1, 0.15) is 17.3 Å². The van der Waals surface area contributed by atoms with E-state index in [1.54, 1.807) is 24.3 Å². The van der Waals surface area contributed by atoms with Gasteiger partial charge in [-0.05, 0) is 25.1 Å². The highest BCUT2D eigenvalue weighted by Gasteiger charge is 2.15. The van der Waals surface area contributed by atoms with E-state index in [9.17, 15) is 9.18 Å². The second kappa shape index (κ2) is 6.01. The number of aromatic nitrogens is 1. The number of rotatable bonds is 5. The molecule has 104 valence electrons. The Bertz CT molecular complexity index is 632. The molecule has 2 rings (SSSR count). The molecule has 0 fully saturated rings. The first-order valence-corrected chi connectivity index (χ1v) is 5.99. The van der Waals surface area contributed by atoms with Gasteiger partial charge in [0, 0.05) is 18.0 Å². The Labute approximate surface area is 115 Å². The van der Waals surface area contributed by atoms with Crippen LogP contribution in [0.2, 0.25) is 0 Å². The highest BCUT2D eigenvalue weighted by Crippen LogP contribution is 2.23. The molecular weight excluding hydrogens is 263 g/mol. The molecule has 0 saturated carbocycles. The number of aromatic carboxylic acids is 1. The van der Waals surface area contributed by atoms with Gasteiger partial charge < -0.3 is 15.2 Å². The van der Waals surface area contributed by atoms with Crippen molar-refractivity contribution in [3.63, 3.8) is 0 Å². The molecule has 2 aromatic rings. The zero-order valence-corrected chi connectivity index (χ0v) is 10.8. The molecule has 0 aliphatic carbocycles. The minimum Gasteiger partial charge on any atom is -0.494 e. The van der Waals surface area contributed by atoms with E-state index in [-0.39, 0.29) is 5.82 Å². The summed E-state index contributed by atoms with van der Waals surface area (Å²) >= 11 is 0. The van der Waals surface area contributed by atoms with Crippen LogP contribution in [0, 0.1) is 5.82 Å². The van der Waals surface area contributed by atoms with Gasteiger partial charge in [-0.25, -0.2) is 14.2 Å². The highest BCUT2D eigenvalue weighted by molar-refractivity contribution is 5.89. The average molecular weight is 276 g/mol. The number of carbonyl (C=O) groups is 1. The zero-order valence-electron chi connectivity index (χ0n) is 10.8. The molecule has 1 aromatic carbocycles. The molecule has 1 heterocycles. The Morgan fingerprint density at radius 2 is 2.25 bits per heavy atom. The number of ether oxygens (including phenoxy) is 1. The second-order valence-corrected chi connectivity index (χ2v) is 3.91. The third-order valence-corrected chi connectivity index (χ3v) is 2.53. The predicted octanol–water partition coefficient (Wildman–Crippen LogP) is 3.06. The maximum atomic E-state index is 13.9. The lowest BCUT2D eigenvalue weighted by molar-refractivity contribution is 0.0692. The minimum atomic E-state index is -1.34. The summed E-state index contributed by atoms with van der Waals surface area (Å²) in [6, 6.07) is 8.01. The topological polar surface area (TPSA) is 71.5 Å². The highest BCUT2D eigenvalue weighted by atomic mass is 19.1. The third kappa shape index (κ3) is 3.03. The number of hydrogen-bond acceptors (Lipinski definition) is 4. The molecule has 0 bridgehead atoms. The fourth-order valence-corrected chi connectivity index (χ4v) is 1.66. The van der Waals surface area contributed by atoms with E-state index in [4.69, 9.17) is 9.84 Å². The number of benzene rings is 1. The van der Waals surface area contributed by atoms with E-state index in [0.29, 0.717) is 18.0 Å². The molecule has 5 nitrogen and oxygen atoms in total. The molecule has 0 atom stereocenters. The molecule has 6 heteroatoms. The molecule has 1 aromatic heterocycles. The molecule has 0 radical (unpaired) electrons. The Hall–Kier alpha value is -2.63. The number of carboxylic acid groups (broad SMARTS) is 1. The molecule has 0 spiro atoms. The van der Waals surface area contributed by atoms with Gasteiger partial charge in [-0.3, -0.25) is 0 Å². The number of hydrogen-bond donors (Lipinski definition) is 2. The number of halogens is 1. The van der Waals surface area contributed by atoms with Crippen molar-refractivity contribution >= 4 is 17.5 Å². The van der Waals surface area contributed by atoms with Crippen molar-refractivity contribution in [1.29, 1.82) is 0 Å². The second-order valence-electron chi connectivity index (χ2n) is 3.91. The minimum absolute atomic E-state index is 0.140. The SMILES string of the molecule is CCOc1cccc(Nc2nccc(C(=O)O)c2F)c1. The van der Waals surface area contributed by atoms with Crippen LogP contribution in [0.15, 0.2) is 36.5 Å². The maximum Gasteiger partial charge on any atom is 0.338 e. The van der Waals surface area contributed by atoms with Crippen LogP contribution in [0.5, 0.6) is 5.75 Å². The van der Waals surface area contributed by atoms with Gasteiger partial charge in [0.05, 0.1) is 6.61 Å². The van der Waals surface area contributed by atoms with E-state index in [0.717, 1.165) is 6.07 Å². The van der Waals surface area contributed by atoms with Crippen molar-refractivity contribution in [3.05, 3.63) is 47.9 Å². The first-order chi connectivity index (χ1) is 9.61. The van der Waals surface area contributed by atoms with E-state index in [2.05, 4.69) is 10.3 Å². The van der Waals surface area contributed by atoms with Gasteiger partial charge in [-0.2, -0.15) is 0 Å². The summed E-state index contributed by atoms with van der Waals surface area (Å²) in [7, 11) is 0. The standard InChI is InChI=1S/C14H13FN2O3/c1-2-20-10-5-3-4-9(8-10)17-13-12(15)11(14(18)19)6-7-16-13/h3-8H,2H2,1H3,(H,16,17)(H,18,19). The fraction of sp³-hybridized carbons (Fsp3) is 0.143. The Kier molecular flexibility index (Phi) is 4.14. The van der Waals surface area contributed by atoms with Crippen LogP contribution in [0.4, 0.5) is 15.9 Å². The van der Waals surface area contributed by atoms with E-state index >= 15 is 0 Å². The predicted molar refractivity (Wildman–Crippen MR) is 72.0 cm³/mol. The maximum absolute atomic E-state index is 13.9. The number of anilines is 2. The van der Waals surface area contributed by atoms with Crippen molar-refractivity contribution in [2.75, 3.05) is 11.9 Å². The van der Waals surface area contributed by atoms with Gasteiger partial charge in [-0.15, -0.1) is 0 Å². The van der Waals surface area contributed by atoms with Crippen molar-refractivity contribution in [1.82, 2.24) is 4.98 Å². The van der Waals surface area contributed by atoms with Gasteiger partial charge in [0.2, 0.25) is 0 Å². The van der Waals surface area contributed by atoms with Crippen LogP contribution >= 0.6 is 0 Å². The summed E-state index contributed by atoms with van der Waals surface area (Å²) in [4.78, 5) is 14.7. The van der Waals surface area contributed by atoms with Crippen molar-refractivity contribution in [2.24, 2.45) is 0 Å². The Morgan fingerprint density at radius 3 is 2.95 bits per heavy atom. The Morgan fingerprint density at radius 1 is 1.45 bits per heavy atom. The first-order valence-electron chi connectivity index (χ1n) is 5.99. The summed E-state index contributed by atoms with van der Waals surface area (Å²) in [5.74, 6) is -1.75. The number of nitrogens with one attached hydrogen (secondary N) is 1. The van der Waals surface area contributed by atoms with Crippen molar-refractivity contribution in [2.45, 2.75) is 6.92 Å². The number of carboxylic acids is 1. The van der Waals surface area contributed by atoms with Gasteiger partial charge in [0.25, 0.3) is 0 Å². The monoisotopic (exact) mass is 276 g/mol. The zero-order chi connectivity index (χ0) is 14.5. The van der Waals surface area contributed by atoms with E-state index < -0.39 is 17.3 Å². The lowest BCUT2D eigenvalue weighted by Crippen LogP contribution is -2.05. The van der Waals surface area contributed by atoms with Crippen LogP contribution < -0.4 is 10.1 Å². The number of pyridine rings is 1. The summed E-state index contributed by atoms with van der Waals surface area (Å²) < 4.78 is 19.2. The van der Waals surface area contributed by atoms with Gasteiger partial charge in [0.15, 0.2) is 11.6 Å². The lowest BCUT2D eigenvalue weighted by Gasteiger charge is -2.09. The third-order valence-electron chi connectivity index (χ3n) is 2.53.